The van der Waals surface area contributed by atoms with Crippen LogP contribution < -0.4 is 14.8 Å². The van der Waals surface area contributed by atoms with Gasteiger partial charge in [0.15, 0.2) is 11.5 Å². The Balaban J connectivity index is 1.64. The van der Waals surface area contributed by atoms with Crippen molar-refractivity contribution < 1.29 is 9.47 Å². The van der Waals surface area contributed by atoms with Gasteiger partial charge in [-0.05, 0) is 41.3 Å². The number of rotatable bonds is 8. The van der Waals surface area contributed by atoms with Gasteiger partial charge in [0.05, 0.1) is 17.8 Å². The fraction of sp³-hybridized carbons (Fsp3) is 0.211. The number of benzene rings is 1. The van der Waals surface area contributed by atoms with Crippen molar-refractivity contribution >= 4 is 22.9 Å². The lowest BCUT2D eigenvalue weighted by Crippen LogP contribution is -2.13. The fourth-order valence-corrected chi connectivity index (χ4v) is 3.29. The molecule has 0 spiro atoms. The molecule has 25 heavy (non-hydrogen) atoms. The van der Waals surface area contributed by atoms with Crippen LogP contribution in [0.4, 0.5) is 0 Å². The van der Waals surface area contributed by atoms with E-state index in [-0.39, 0.29) is 0 Å². The monoisotopic (exact) mass is 374 g/mol. The standard InChI is InChI=1S/C19H19ClN2O2S/c1-23-18-10-14(11-21-12-15-5-2-3-7-22-15)9-17(20)19(18)24-13-16-6-4-8-25-16/h2-10,21H,11-13H2,1H3. The lowest BCUT2D eigenvalue weighted by Gasteiger charge is -2.14. The highest BCUT2D eigenvalue weighted by molar-refractivity contribution is 7.09. The summed E-state index contributed by atoms with van der Waals surface area (Å²) in [4.78, 5) is 5.43. The minimum Gasteiger partial charge on any atom is -0.493 e. The Kier molecular flexibility index (Phi) is 6.28. The van der Waals surface area contributed by atoms with Crippen molar-refractivity contribution in [2.45, 2.75) is 19.7 Å². The van der Waals surface area contributed by atoms with E-state index in [9.17, 15) is 0 Å². The lowest BCUT2D eigenvalue weighted by molar-refractivity contribution is 0.287. The van der Waals surface area contributed by atoms with Crippen molar-refractivity contribution in [1.29, 1.82) is 0 Å². The minimum absolute atomic E-state index is 0.477. The summed E-state index contributed by atoms with van der Waals surface area (Å²) in [5.41, 5.74) is 2.03. The predicted molar refractivity (Wildman–Crippen MR) is 101 cm³/mol. The molecule has 0 aliphatic heterocycles. The van der Waals surface area contributed by atoms with Crippen LogP contribution in [0.2, 0.25) is 5.02 Å². The summed E-state index contributed by atoms with van der Waals surface area (Å²) in [6, 6.07) is 13.7. The van der Waals surface area contributed by atoms with Gasteiger partial charge < -0.3 is 14.8 Å². The van der Waals surface area contributed by atoms with Crippen molar-refractivity contribution in [1.82, 2.24) is 10.3 Å². The van der Waals surface area contributed by atoms with Gasteiger partial charge in [0, 0.05) is 24.2 Å². The molecular weight excluding hydrogens is 356 g/mol. The van der Waals surface area contributed by atoms with Gasteiger partial charge in [-0.25, -0.2) is 0 Å². The quantitative estimate of drug-likeness (QED) is 0.622. The molecular formula is C19H19ClN2O2S. The zero-order valence-electron chi connectivity index (χ0n) is 13.9. The topological polar surface area (TPSA) is 43.4 Å². The summed E-state index contributed by atoms with van der Waals surface area (Å²) in [6.07, 6.45) is 1.79. The molecule has 0 aliphatic carbocycles. The molecule has 0 saturated carbocycles. The normalized spacial score (nSPS) is 10.6. The van der Waals surface area contributed by atoms with Crippen molar-refractivity contribution in [3.05, 3.63) is 75.2 Å². The summed E-state index contributed by atoms with van der Waals surface area (Å²) in [7, 11) is 1.62. The third-order valence-corrected chi connectivity index (χ3v) is 4.72. The average molecular weight is 375 g/mol. The van der Waals surface area contributed by atoms with E-state index in [1.165, 1.54) is 0 Å². The summed E-state index contributed by atoms with van der Waals surface area (Å²) in [6.45, 7) is 1.83. The number of ether oxygens (including phenoxy) is 2. The number of thiophene rings is 1. The average Bonchev–Trinajstić information content (AvgIpc) is 3.15. The van der Waals surface area contributed by atoms with E-state index in [4.69, 9.17) is 21.1 Å². The van der Waals surface area contributed by atoms with E-state index in [1.807, 2.05) is 47.8 Å². The SMILES string of the molecule is COc1cc(CNCc2ccccn2)cc(Cl)c1OCc1cccs1. The Labute approximate surface area is 156 Å². The molecule has 3 aromatic rings. The van der Waals surface area contributed by atoms with Crippen LogP contribution in [0.15, 0.2) is 54.0 Å². The van der Waals surface area contributed by atoms with Gasteiger partial charge in [-0.1, -0.05) is 23.7 Å². The first-order valence-electron chi connectivity index (χ1n) is 7.88. The minimum atomic E-state index is 0.477. The maximum atomic E-state index is 6.41. The molecule has 0 fully saturated rings. The largest absolute Gasteiger partial charge is 0.493 e. The van der Waals surface area contributed by atoms with Crippen LogP contribution in [0.5, 0.6) is 11.5 Å². The zero-order valence-corrected chi connectivity index (χ0v) is 15.4. The van der Waals surface area contributed by atoms with Crippen LogP contribution >= 0.6 is 22.9 Å². The van der Waals surface area contributed by atoms with Gasteiger partial charge in [0.25, 0.3) is 0 Å². The van der Waals surface area contributed by atoms with Crippen molar-refractivity contribution in [2.75, 3.05) is 7.11 Å². The maximum absolute atomic E-state index is 6.41. The van der Waals surface area contributed by atoms with Crippen molar-refractivity contribution in [3.63, 3.8) is 0 Å². The first-order valence-corrected chi connectivity index (χ1v) is 9.14. The number of nitrogens with zero attached hydrogens (tertiary/aromatic N) is 1. The van der Waals surface area contributed by atoms with E-state index in [0.29, 0.717) is 36.2 Å². The molecule has 2 heterocycles. The Morgan fingerprint density at radius 2 is 2.08 bits per heavy atom. The van der Waals surface area contributed by atoms with Gasteiger partial charge >= 0.3 is 0 Å². The van der Waals surface area contributed by atoms with E-state index < -0.39 is 0 Å². The predicted octanol–water partition coefficient (Wildman–Crippen LogP) is 4.67. The Morgan fingerprint density at radius 3 is 2.80 bits per heavy atom. The molecule has 0 saturated heterocycles. The number of methoxy groups -OCH3 is 1. The van der Waals surface area contributed by atoms with E-state index in [0.717, 1.165) is 16.1 Å². The molecule has 0 amide bonds. The van der Waals surface area contributed by atoms with Crippen LogP contribution in [0.1, 0.15) is 16.1 Å². The van der Waals surface area contributed by atoms with Crippen LogP contribution in [-0.4, -0.2) is 12.1 Å². The van der Waals surface area contributed by atoms with E-state index in [1.54, 1.807) is 24.6 Å². The Morgan fingerprint density at radius 1 is 1.16 bits per heavy atom. The first-order chi connectivity index (χ1) is 12.3. The van der Waals surface area contributed by atoms with Gasteiger partial charge in [0.1, 0.15) is 6.61 Å². The molecule has 3 rings (SSSR count). The van der Waals surface area contributed by atoms with Gasteiger partial charge in [-0.15, -0.1) is 11.3 Å². The summed E-state index contributed by atoms with van der Waals surface area (Å²) in [5.74, 6) is 1.21. The summed E-state index contributed by atoms with van der Waals surface area (Å²) < 4.78 is 11.3. The maximum Gasteiger partial charge on any atom is 0.180 e. The fourth-order valence-electron chi connectivity index (χ4n) is 2.39. The first kappa shape index (κ1) is 17.7. The van der Waals surface area contributed by atoms with Crippen molar-refractivity contribution in [2.24, 2.45) is 0 Å². The molecule has 0 bridgehead atoms. The lowest BCUT2D eigenvalue weighted by atomic mass is 10.2. The molecule has 1 N–H and O–H groups in total. The molecule has 1 aromatic carbocycles. The third kappa shape index (κ3) is 4.95. The van der Waals surface area contributed by atoms with Gasteiger partial charge in [-0.3, -0.25) is 4.98 Å². The molecule has 0 radical (unpaired) electrons. The number of hydrogen-bond acceptors (Lipinski definition) is 5. The highest BCUT2D eigenvalue weighted by Gasteiger charge is 2.12. The second kappa shape index (κ2) is 8.85. The number of hydrogen-bond donors (Lipinski definition) is 1. The molecule has 0 atom stereocenters. The number of halogens is 1. The van der Waals surface area contributed by atoms with E-state index in [2.05, 4.69) is 10.3 Å². The molecule has 0 aliphatic rings. The van der Waals surface area contributed by atoms with Gasteiger partial charge in [-0.2, -0.15) is 0 Å². The van der Waals surface area contributed by atoms with Crippen LogP contribution in [-0.2, 0) is 19.7 Å². The van der Waals surface area contributed by atoms with Crippen LogP contribution in [0, 0.1) is 0 Å². The summed E-state index contributed by atoms with van der Waals surface area (Å²) in [5, 5.41) is 5.92. The highest BCUT2D eigenvalue weighted by Crippen LogP contribution is 2.37. The molecule has 130 valence electrons. The number of pyridine rings is 1. The number of nitrogens with one attached hydrogen (secondary N) is 1. The van der Waals surface area contributed by atoms with Crippen LogP contribution in [0.25, 0.3) is 0 Å². The number of aromatic nitrogens is 1. The Bertz CT molecular complexity index is 795. The smallest absolute Gasteiger partial charge is 0.180 e. The molecule has 2 aromatic heterocycles. The van der Waals surface area contributed by atoms with Gasteiger partial charge in [0.2, 0.25) is 0 Å². The summed E-state index contributed by atoms with van der Waals surface area (Å²) >= 11 is 8.06. The zero-order chi connectivity index (χ0) is 17.5. The molecule has 4 nitrogen and oxygen atoms in total. The van der Waals surface area contributed by atoms with Crippen molar-refractivity contribution in [3.8, 4) is 11.5 Å². The second-order valence-corrected chi connectivity index (χ2v) is 6.84. The van der Waals surface area contributed by atoms with E-state index >= 15 is 0 Å². The van der Waals surface area contributed by atoms with Crippen LogP contribution in [0.3, 0.4) is 0 Å². The molecule has 0 unspecified atom stereocenters. The Hall–Kier alpha value is -2.08. The third-order valence-electron chi connectivity index (χ3n) is 3.59. The highest BCUT2D eigenvalue weighted by atomic mass is 35.5. The second-order valence-electron chi connectivity index (χ2n) is 5.40. The molecule has 6 heteroatoms.